The maximum Gasteiger partial charge on any atom is 0.246 e. The van der Waals surface area contributed by atoms with Crippen LogP contribution >= 0.6 is 0 Å². The molecule has 5 nitrogen and oxygen atoms in total. The van der Waals surface area contributed by atoms with Gasteiger partial charge in [-0.15, -0.1) is 0 Å². The molecule has 1 amide bonds. The number of likely N-dealkylation sites (tertiary alicyclic amines) is 1. The Morgan fingerprint density at radius 2 is 1.78 bits per heavy atom. The van der Waals surface area contributed by atoms with E-state index >= 15 is 0 Å². The Bertz CT molecular complexity index is 1040. The molecule has 2 aromatic carbocycles. The Balaban J connectivity index is 1.37. The van der Waals surface area contributed by atoms with Gasteiger partial charge in [0.05, 0.1) is 19.1 Å². The Hall–Kier alpha value is -3.08. The van der Waals surface area contributed by atoms with Gasteiger partial charge >= 0.3 is 0 Å². The summed E-state index contributed by atoms with van der Waals surface area (Å²) in [6, 6.07) is 13.7. The monoisotopic (exact) mass is 433 g/mol. The van der Waals surface area contributed by atoms with E-state index in [2.05, 4.69) is 32.9 Å². The molecule has 5 heteroatoms. The largest absolute Gasteiger partial charge is 0.497 e. The third kappa shape index (κ3) is 4.57. The second-order valence-corrected chi connectivity index (χ2v) is 9.78. The summed E-state index contributed by atoms with van der Waals surface area (Å²) >= 11 is 0. The first-order valence-corrected chi connectivity index (χ1v) is 11.2. The molecule has 0 bridgehead atoms. The Kier molecular flexibility index (Phi) is 5.85. The first-order chi connectivity index (χ1) is 15.2. The summed E-state index contributed by atoms with van der Waals surface area (Å²) in [4.78, 5) is 27.3. The quantitative estimate of drug-likeness (QED) is 0.637. The number of Topliss-reactive ketones (excluding diaryl/α,β-unsaturated/α-hetero) is 1. The van der Waals surface area contributed by atoms with Crippen molar-refractivity contribution >= 4 is 17.8 Å². The molecule has 32 heavy (non-hydrogen) atoms. The molecule has 0 aromatic heterocycles. The lowest BCUT2D eigenvalue weighted by Crippen LogP contribution is -2.52. The van der Waals surface area contributed by atoms with Crippen molar-refractivity contribution in [3.05, 3.63) is 65.2 Å². The number of fused-ring (bicyclic) bond motifs is 1. The van der Waals surface area contributed by atoms with Crippen LogP contribution in [0.3, 0.4) is 0 Å². The van der Waals surface area contributed by atoms with Gasteiger partial charge in [0, 0.05) is 32.0 Å². The second kappa shape index (κ2) is 8.45. The number of rotatable bonds is 3. The van der Waals surface area contributed by atoms with Crippen molar-refractivity contribution in [1.82, 2.24) is 4.90 Å². The fraction of sp³-hybridized carbons (Fsp3) is 0.407. The summed E-state index contributed by atoms with van der Waals surface area (Å²) in [5, 5.41) is 0. The molecule has 1 spiro atoms. The number of carbonyl (C=O) groups is 2. The predicted octanol–water partition coefficient (Wildman–Crippen LogP) is 5.03. The fourth-order valence-electron chi connectivity index (χ4n) is 4.38. The van der Waals surface area contributed by atoms with E-state index in [1.54, 1.807) is 25.3 Å². The van der Waals surface area contributed by atoms with Crippen molar-refractivity contribution in [2.75, 3.05) is 20.2 Å². The molecule has 0 radical (unpaired) electrons. The van der Waals surface area contributed by atoms with Gasteiger partial charge in [-0.3, -0.25) is 9.59 Å². The minimum absolute atomic E-state index is 0.00739. The number of amides is 1. The summed E-state index contributed by atoms with van der Waals surface area (Å²) < 4.78 is 11.5. The molecule has 1 fully saturated rings. The topological polar surface area (TPSA) is 55.8 Å². The maximum atomic E-state index is 12.8. The van der Waals surface area contributed by atoms with Crippen LogP contribution in [0.1, 0.15) is 61.5 Å². The van der Waals surface area contributed by atoms with Crippen LogP contribution < -0.4 is 9.47 Å². The third-order valence-corrected chi connectivity index (χ3v) is 6.48. The Morgan fingerprint density at radius 3 is 2.41 bits per heavy atom. The van der Waals surface area contributed by atoms with Gasteiger partial charge < -0.3 is 14.4 Å². The lowest BCUT2D eigenvalue weighted by molar-refractivity contribution is -0.129. The van der Waals surface area contributed by atoms with Gasteiger partial charge in [-0.25, -0.2) is 0 Å². The molecule has 0 unspecified atom stereocenters. The van der Waals surface area contributed by atoms with Crippen LogP contribution in [-0.2, 0) is 10.2 Å². The molecule has 2 aliphatic rings. The number of ether oxygens (including phenoxy) is 2. The van der Waals surface area contributed by atoms with E-state index in [0.717, 1.165) is 5.56 Å². The van der Waals surface area contributed by atoms with Crippen LogP contribution in [0.25, 0.3) is 6.08 Å². The van der Waals surface area contributed by atoms with E-state index in [-0.39, 0.29) is 17.1 Å². The van der Waals surface area contributed by atoms with Crippen LogP contribution in [0.4, 0.5) is 0 Å². The zero-order valence-electron chi connectivity index (χ0n) is 19.3. The Morgan fingerprint density at radius 1 is 1.09 bits per heavy atom. The SMILES string of the molecule is COc1ccc2c(c1)C(=O)CC1(CCN(C(=O)/C=C/c3ccc(C(C)(C)C)cc3)CC1)O2. The van der Waals surface area contributed by atoms with Crippen LogP contribution in [0.15, 0.2) is 48.5 Å². The first kappa shape index (κ1) is 22.1. The van der Waals surface area contributed by atoms with E-state index in [4.69, 9.17) is 9.47 Å². The number of carbonyl (C=O) groups excluding carboxylic acids is 2. The van der Waals surface area contributed by atoms with E-state index < -0.39 is 5.60 Å². The number of hydrogen-bond acceptors (Lipinski definition) is 4. The standard InChI is InChI=1S/C27H31NO4/c1-26(2,3)20-8-5-19(6-9-20)7-12-25(30)28-15-13-27(14-16-28)18-23(29)22-17-21(31-4)10-11-24(22)32-27/h5-12,17H,13-16,18H2,1-4H3/b12-7+. The van der Waals surface area contributed by atoms with Gasteiger partial charge in [0.2, 0.25) is 5.91 Å². The van der Waals surface area contributed by atoms with Crippen molar-refractivity contribution in [3.8, 4) is 11.5 Å². The number of methoxy groups -OCH3 is 1. The van der Waals surface area contributed by atoms with Crippen molar-refractivity contribution in [3.63, 3.8) is 0 Å². The average Bonchev–Trinajstić information content (AvgIpc) is 2.77. The molecule has 0 N–H and O–H groups in total. The highest BCUT2D eigenvalue weighted by atomic mass is 16.5. The molecule has 4 rings (SSSR count). The van der Waals surface area contributed by atoms with Crippen molar-refractivity contribution in [2.45, 2.75) is 51.0 Å². The molecule has 0 atom stereocenters. The molecular formula is C27H31NO4. The molecule has 0 saturated carbocycles. The number of hydrogen-bond donors (Lipinski definition) is 0. The Labute approximate surface area is 190 Å². The first-order valence-electron chi connectivity index (χ1n) is 11.2. The smallest absolute Gasteiger partial charge is 0.246 e. The normalized spacial score (nSPS) is 17.9. The summed E-state index contributed by atoms with van der Waals surface area (Å²) in [5.41, 5.74) is 2.44. The van der Waals surface area contributed by atoms with E-state index in [9.17, 15) is 9.59 Å². The molecule has 2 heterocycles. The minimum Gasteiger partial charge on any atom is -0.497 e. The summed E-state index contributed by atoms with van der Waals surface area (Å²) in [5.74, 6) is 1.33. The van der Waals surface area contributed by atoms with Crippen LogP contribution in [0, 0.1) is 0 Å². The van der Waals surface area contributed by atoms with Gasteiger partial charge in [0.15, 0.2) is 5.78 Å². The number of ketones is 1. The molecule has 1 saturated heterocycles. The summed E-state index contributed by atoms with van der Waals surface area (Å²) in [7, 11) is 1.58. The van der Waals surface area contributed by atoms with Gasteiger partial charge in [0.25, 0.3) is 0 Å². The maximum absolute atomic E-state index is 12.8. The van der Waals surface area contributed by atoms with E-state index in [1.807, 2.05) is 29.2 Å². The van der Waals surface area contributed by atoms with Gasteiger partial charge in [-0.05, 0) is 40.8 Å². The van der Waals surface area contributed by atoms with Crippen LogP contribution in [0.2, 0.25) is 0 Å². The zero-order valence-corrected chi connectivity index (χ0v) is 19.3. The van der Waals surface area contributed by atoms with Crippen LogP contribution in [-0.4, -0.2) is 42.4 Å². The molecule has 168 valence electrons. The van der Waals surface area contributed by atoms with Gasteiger partial charge in [0.1, 0.15) is 17.1 Å². The van der Waals surface area contributed by atoms with Crippen molar-refractivity contribution < 1.29 is 19.1 Å². The minimum atomic E-state index is -0.526. The molecule has 0 aliphatic carbocycles. The summed E-state index contributed by atoms with van der Waals surface area (Å²) in [6.45, 7) is 7.70. The highest BCUT2D eigenvalue weighted by Gasteiger charge is 2.43. The van der Waals surface area contributed by atoms with E-state index in [0.29, 0.717) is 49.4 Å². The average molecular weight is 434 g/mol. The highest BCUT2D eigenvalue weighted by molar-refractivity contribution is 6.00. The second-order valence-electron chi connectivity index (χ2n) is 9.78. The number of benzene rings is 2. The lowest BCUT2D eigenvalue weighted by Gasteiger charge is -2.43. The lowest BCUT2D eigenvalue weighted by atomic mass is 9.82. The number of nitrogens with zero attached hydrogens (tertiary/aromatic N) is 1. The van der Waals surface area contributed by atoms with Gasteiger partial charge in [-0.2, -0.15) is 0 Å². The van der Waals surface area contributed by atoms with Crippen LogP contribution in [0.5, 0.6) is 11.5 Å². The zero-order chi connectivity index (χ0) is 22.9. The molecular weight excluding hydrogens is 402 g/mol. The predicted molar refractivity (Wildman–Crippen MR) is 125 cm³/mol. The van der Waals surface area contributed by atoms with E-state index in [1.165, 1.54) is 5.56 Å². The van der Waals surface area contributed by atoms with Gasteiger partial charge in [-0.1, -0.05) is 45.0 Å². The van der Waals surface area contributed by atoms with Crippen molar-refractivity contribution in [2.24, 2.45) is 0 Å². The third-order valence-electron chi connectivity index (χ3n) is 6.48. The molecule has 2 aromatic rings. The van der Waals surface area contributed by atoms with Crippen molar-refractivity contribution in [1.29, 1.82) is 0 Å². The number of piperidine rings is 1. The molecule has 2 aliphatic heterocycles. The highest BCUT2D eigenvalue weighted by Crippen LogP contribution is 2.40. The fourth-order valence-corrected chi connectivity index (χ4v) is 4.38. The summed E-state index contributed by atoms with van der Waals surface area (Å²) in [6.07, 6.45) is 5.13.